The minimum absolute atomic E-state index is 0.316. The second kappa shape index (κ2) is 4.93. The third-order valence-corrected chi connectivity index (χ3v) is 1.54. The molecular formula is C8H9ClFNO. The predicted octanol–water partition coefficient (Wildman–Crippen LogP) is 2.47. The zero-order valence-corrected chi connectivity index (χ0v) is 7.22. The lowest BCUT2D eigenvalue weighted by Crippen LogP contribution is -1.98. The van der Waals surface area contributed by atoms with Crippen molar-refractivity contribution in [2.45, 2.75) is 6.42 Å². The molecule has 12 heavy (non-hydrogen) atoms. The van der Waals surface area contributed by atoms with Crippen molar-refractivity contribution < 1.29 is 9.13 Å². The molecule has 1 aromatic heterocycles. The van der Waals surface area contributed by atoms with Crippen molar-refractivity contribution in [1.29, 1.82) is 0 Å². The minimum atomic E-state index is -0.377. The molecule has 0 aliphatic carbocycles. The van der Waals surface area contributed by atoms with Crippen LogP contribution in [-0.2, 0) is 0 Å². The van der Waals surface area contributed by atoms with E-state index in [0.29, 0.717) is 23.9 Å². The van der Waals surface area contributed by atoms with E-state index in [2.05, 4.69) is 4.98 Å². The van der Waals surface area contributed by atoms with Gasteiger partial charge in [0.05, 0.1) is 13.3 Å². The zero-order valence-electron chi connectivity index (χ0n) is 6.46. The molecule has 0 aliphatic heterocycles. The summed E-state index contributed by atoms with van der Waals surface area (Å²) in [6, 6.07) is 3.42. The van der Waals surface area contributed by atoms with E-state index in [1.165, 1.54) is 0 Å². The molecule has 66 valence electrons. The molecule has 0 amide bonds. The summed E-state index contributed by atoms with van der Waals surface area (Å²) in [4.78, 5) is 3.80. The standard InChI is InChI=1S/C8H9ClFNO/c9-8-7(3-1-5-11-8)12-6-2-4-10/h1,3,5H,2,4,6H2. The molecule has 0 aliphatic rings. The number of nitrogens with zero attached hydrogens (tertiary/aromatic N) is 1. The largest absolute Gasteiger partial charge is 0.490 e. The van der Waals surface area contributed by atoms with Gasteiger partial charge in [0.25, 0.3) is 0 Å². The molecule has 1 rings (SSSR count). The summed E-state index contributed by atoms with van der Waals surface area (Å²) in [5, 5.41) is 0.316. The zero-order chi connectivity index (χ0) is 8.81. The lowest BCUT2D eigenvalue weighted by Gasteiger charge is -2.04. The van der Waals surface area contributed by atoms with Crippen LogP contribution in [0.2, 0.25) is 5.15 Å². The van der Waals surface area contributed by atoms with Gasteiger partial charge in [-0.3, -0.25) is 4.39 Å². The summed E-state index contributed by atoms with van der Waals surface area (Å²) in [6.45, 7) is -0.0419. The molecule has 2 nitrogen and oxygen atoms in total. The summed E-state index contributed by atoms with van der Waals surface area (Å²) in [5.41, 5.74) is 0. The molecule has 0 radical (unpaired) electrons. The molecule has 1 aromatic rings. The Bertz CT molecular complexity index is 244. The monoisotopic (exact) mass is 189 g/mol. The maximum absolute atomic E-state index is 11.7. The van der Waals surface area contributed by atoms with Crippen LogP contribution in [-0.4, -0.2) is 18.3 Å². The Morgan fingerprint density at radius 1 is 1.58 bits per heavy atom. The smallest absolute Gasteiger partial charge is 0.171 e. The van der Waals surface area contributed by atoms with E-state index in [-0.39, 0.29) is 6.67 Å². The Kier molecular flexibility index (Phi) is 3.80. The summed E-state index contributed by atoms with van der Waals surface area (Å²) in [5.74, 6) is 0.507. The Morgan fingerprint density at radius 2 is 2.42 bits per heavy atom. The Morgan fingerprint density at radius 3 is 3.08 bits per heavy atom. The minimum Gasteiger partial charge on any atom is -0.490 e. The third-order valence-electron chi connectivity index (χ3n) is 1.26. The van der Waals surface area contributed by atoms with Gasteiger partial charge in [-0.2, -0.15) is 0 Å². The fraction of sp³-hybridized carbons (Fsp3) is 0.375. The van der Waals surface area contributed by atoms with Crippen molar-refractivity contribution in [1.82, 2.24) is 4.98 Å². The molecule has 0 spiro atoms. The summed E-state index contributed by atoms with van der Waals surface area (Å²) in [6.07, 6.45) is 1.95. The van der Waals surface area contributed by atoms with Gasteiger partial charge < -0.3 is 4.74 Å². The van der Waals surface area contributed by atoms with Gasteiger partial charge >= 0.3 is 0 Å². The third kappa shape index (κ3) is 2.66. The molecule has 1 heterocycles. The van der Waals surface area contributed by atoms with Gasteiger partial charge in [-0.05, 0) is 12.1 Å². The molecule has 0 aromatic carbocycles. The van der Waals surface area contributed by atoms with Gasteiger partial charge in [0.2, 0.25) is 0 Å². The second-order valence-electron chi connectivity index (χ2n) is 2.18. The molecular weight excluding hydrogens is 181 g/mol. The van der Waals surface area contributed by atoms with Crippen LogP contribution >= 0.6 is 11.6 Å². The van der Waals surface area contributed by atoms with E-state index in [4.69, 9.17) is 16.3 Å². The van der Waals surface area contributed by atoms with Crippen LogP contribution < -0.4 is 4.74 Å². The van der Waals surface area contributed by atoms with E-state index < -0.39 is 0 Å². The Hall–Kier alpha value is -0.830. The highest BCUT2D eigenvalue weighted by molar-refractivity contribution is 6.30. The van der Waals surface area contributed by atoms with E-state index in [0.717, 1.165) is 0 Å². The van der Waals surface area contributed by atoms with Gasteiger partial charge in [0.15, 0.2) is 10.9 Å². The van der Waals surface area contributed by atoms with E-state index in [9.17, 15) is 4.39 Å². The Labute approximate surface area is 75.3 Å². The summed E-state index contributed by atoms with van der Waals surface area (Å²) >= 11 is 5.67. The number of ether oxygens (including phenoxy) is 1. The van der Waals surface area contributed by atoms with Crippen LogP contribution in [0.25, 0.3) is 0 Å². The van der Waals surface area contributed by atoms with Crippen molar-refractivity contribution in [2.75, 3.05) is 13.3 Å². The highest BCUT2D eigenvalue weighted by Gasteiger charge is 1.99. The summed E-state index contributed by atoms with van der Waals surface area (Å²) < 4.78 is 16.8. The van der Waals surface area contributed by atoms with Crippen LogP contribution in [0.4, 0.5) is 4.39 Å². The van der Waals surface area contributed by atoms with Crippen molar-refractivity contribution in [2.24, 2.45) is 0 Å². The lowest BCUT2D eigenvalue weighted by molar-refractivity contribution is 0.289. The van der Waals surface area contributed by atoms with E-state index in [1.54, 1.807) is 18.3 Å². The molecule has 0 bridgehead atoms. The molecule has 0 saturated heterocycles. The Balaban J connectivity index is 2.46. The highest BCUT2D eigenvalue weighted by atomic mass is 35.5. The van der Waals surface area contributed by atoms with E-state index >= 15 is 0 Å². The number of aromatic nitrogens is 1. The van der Waals surface area contributed by atoms with Gasteiger partial charge in [-0.25, -0.2) is 4.98 Å². The number of hydrogen-bond acceptors (Lipinski definition) is 2. The maximum Gasteiger partial charge on any atom is 0.171 e. The van der Waals surface area contributed by atoms with Gasteiger partial charge in [-0.1, -0.05) is 11.6 Å². The predicted molar refractivity (Wildman–Crippen MR) is 45.3 cm³/mol. The van der Waals surface area contributed by atoms with Crippen LogP contribution in [0, 0.1) is 0 Å². The molecule has 0 fully saturated rings. The number of halogens is 2. The first-order chi connectivity index (χ1) is 5.84. The highest BCUT2D eigenvalue weighted by Crippen LogP contribution is 2.20. The number of rotatable bonds is 4. The van der Waals surface area contributed by atoms with Crippen LogP contribution in [0.1, 0.15) is 6.42 Å². The molecule has 0 N–H and O–H groups in total. The SMILES string of the molecule is FCCCOc1cccnc1Cl. The van der Waals surface area contributed by atoms with Crippen LogP contribution in [0.5, 0.6) is 5.75 Å². The lowest BCUT2D eigenvalue weighted by atomic mass is 10.4. The quantitative estimate of drug-likeness (QED) is 0.536. The first-order valence-electron chi connectivity index (χ1n) is 3.64. The summed E-state index contributed by atoms with van der Waals surface area (Å²) in [7, 11) is 0. The molecule has 0 atom stereocenters. The average molecular weight is 190 g/mol. The number of pyridine rings is 1. The van der Waals surface area contributed by atoms with Crippen LogP contribution in [0.3, 0.4) is 0 Å². The number of alkyl halides is 1. The fourth-order valence-corrected chi connectivity index (χ4v) is 0.890. The van der Waals surface area contributed by atoms with Crippen molar-refractivity contribution >= 4 is 11.6 Å². The van der Waals surface area contributed by atoms with Gasteiger partial charge in [-0.15, -0.1) is 0 Å². The average Bonchev–Trinajstić information content (AvgIpc) is 2.09. The van der Waals surface area contributed by atoms with Crippen molar-refractivity contribution in [3.8, 4) is 5.75 Å². The van der Waals surface area contributed by atoms with Gasteiger partial charge in [0.1, 0.15) is 0 Å². The first-order valence-corrected chi connectivity index (χ1v) is 4.01. The van der Waals surface area contributed by atoms with Gasteiger partial charge in [0, 0.05) is 12.6 Å². The van der Waals surface area contributed by atoms with Crippen LogP contribution in [0.15, 0.2) is 18.3 Å². The van der Waals surface area contributed by atoms with Crippen molar-refractivity contribution in [3.05, 3.63) is 23.5 Å². The first kappa shape index (κ1) is 9.26. The molecule has 4 heteroatoms. The fourth-order valence-electron chi connectivity index (χ4n) is 0.716. The molecule has 0 saturated carbocycles. The molecule has 0 unspecified atom stereocenters. The maximum atomic E-state index is 11.7. The van der Waals surface area contributed by atoms with Crippen molar-refractivity contribution in [3.63, 3.8) is 0 Å². The normalized spacial score (nSPS) is 9.83. The topological polar surface area (TPSA) is 22.1 Å². The van der Waals surface area contributed by atoms with E-state index in [1.807, 2.05) is 0 Å². The second-order valence-corrected chi connectivity index (χ2v) is 2.54. The number of hydrogen-bond donors (Lipinski definition) is 0.